The zero-order valence-electron chi connectivity index (χ0n) is 16.3. The lowest BCUT2D eigenvalue weighted by molar-refractivity contribution is -0.139. The SMILES string of the molecule is COC(=O)CNC(=O)c1ccc(NC(=O)c2cnn(-c3ccc(Br)cc3)c2C)cc1. The summed E-state index contributed by atoms with van der Waals surface area (Å²) in [6.45, 7) is 1.61. The Bertz CT molecular complexity index is 1080. The summed E-state index contributed by atoms with van der Waals surface area (Å²) >= 11 is 3.39. The highest BCUT2D eigenvalue weighted by atomic mass is 79.9. The van der Waals surface area contributed by atoms with E-state index in [-0.39, 0.29) is 12.5 Å². The van der Waals surface area contributed by atoms with Gasteiger partial charge in [-0.3, -0.25) is 14.4 Å². The van der Waals surface area contributed by atoms with Gasteiger partial charge in [0, 0.05) is 15.7 Å². The van der Waals surface area contributed by atoms with Crippen molar-refractivity contribution in [2.24, 2.45) is 0 Å². The molecule has 0 bridgehead atoms. The molecular formula is C21H19BrN4O4. The normalized spacial score (nSPS) is 10.4. The summed E-state index contributed by atoms with van der Waals surface area (Å²) in [5, 5.41) is 9.55. The molecule has 0 radical (unpaired) electrons. The van der Waals surface area contributed by atoms with Crippen LogP contribution in [0.2, 0.25) is 0 Å². The molecule has 8 nitrogen and oxygen atoms in total. The zero-order chi connectivity index (χ0) is 21.7. The van der Waals surface area contributed by atoms with Crippen LogP contribution in [0.15, 0.2) is 59.2 Å². The lowest BCUT2D eigenvalue weighted by atomic mass is 10.2. The zero-order valence-corrected chi connectivity index (χ0v) is 17.9. The summed E-state index contributed by atoms with van der Waals surface area (Å²) < 4.78 is 7.12. The topological polar surface area (TPSA) is 102 Å². The molecule has 1 heterocycles. The van der Waals surface area contributed by atoms with Gasteiger partial charge in [0.15, 0.2) is 0 Å². The highest BCUT2D eigenvalue weighted by Crippen LogP contribution is 2.18. The van der Waals surface area contributed by atoms with Crippen LogP contribution in [0, 0.1) is 6.92 Å². The lowest BCUT2D eigenvalue weighted by Crippen LogP contribution is -2.30. The van der Waals surface area contributed by atoms with Gasteiger partial charge in [0.2, 0.25) is 0 Å². The number of esters is 1. The van der Waals surface area contributed by atoms with E-state index in [1.807, 2.05) is 31.2 Å². The molecule has 9 heteroatoms. The van der Waals surface area contributed by atoms with Gasteiger partial charge in [-0.1, -0.05) is 15.9 Å². The molecular weight excluding hydrogens is 452 g/mol. The first kappa shape index (κ1) is 21.3. The molecule has 0 aliphatic heterocycles. The van der Waals surface area contributed by atoms with Crippen molar-refractivity contribution >= 4 is 39.4 Å². The maximum atomic E-state index is 12.7. The average molecular weight is 471 g/mol. The van der Waals surface area contributed by atoms with Crippen LogP contribution >= 0.6 is 15.9 Å². The summed E-state index contributed by atoms with van der Waals surface area (Å²) in [5.41, 5.74) is 2.87. The number of anilines is 1. The van der Waals surface area contributed by atoms with Crippen molar-refractivity contribution in [3.05, 3.63) is 76.0 Å². The summed E-state index contributed by atoms with van der Waals surface area (Å²) in [6.07, 6.45) is 1.52. The number of carbonyl (C=O) groups excluding carboxylic acids is 3. The van der Waals surface area contributed by atoms with E-state index < -0.39 is 11.9 Å². The third-order valence-corrected chi connectivity index (χ3v) is 4.88. The molecule has 30 heavy (non-hydrogen) atoms. The quantitative estimate of drug-likeness (QED) is 0.538. The third kappa shape index (κ3) is 4.93. The lowest BCUT2D eigenvalue weighted by Gasteiger charge is -2.08. The van der Waals surface area contributed by atoms with E-state index in [0.717, 1.165) is 10.2 Å². The molecule has 2 aromatic carbocycles. The van der Waals surface area contributed by atoms with Gasteiger partial charge in [-0.2, -0.15) is 5.10 Å². The number of nitrogens with one attached hydrogen (secondary N) is 2. The minimum absolute atomic E-state index is 0.213. The highest BCUT2D eigenvalue weighted by molar-refractivity contribution is 9.10. The Labute approximate surface area is 181 Å². The van der Waals surface area contributed by atoms with E-state index in [1.54, 1.807) is 28.9 Å². The molecule has 2 amide bonds. The minimum Gasteiger partial charge on any atom is -0.468 e. The van der Waals surface area contributed by atoms with Gasteiger partial charge in [0.05, 0.1) is 30.3 Å². The van der Waals surface area contributed by atoms with Crippen molar-refractivity contribution in [1.29, 1.82) is 0 Å². The number of hydrogen-bond acceptors (Lipinski definition) is 5. The highest BCUT2D eigenvalue weighted by Gasteiger charge is 2.16. The van der Waals surface area contributed by atoms with E-state index in [0.29, 0.717) is 22.5 Å². The molecule has 0 saturated carbocycles. The van der Waals surface area contributed by atoms with Crippen molar-refractivity contribution in [2.75, 3.05) is 19.0 Å². The largest absolute Gasteiger partial charge is 0.468 e. The number of nitrogens with zero attached hydrogens (tertiary/aromatic N) is 2. The van der Waals surface area contributed by atoms with E-state index >= 15 is 0 Å². The predicted octanol–water partition coefficient (Wildman–Crippen LogP) is 3.10. The van der Waals surface area contributed by atoms with Gasteiger partial charge in [-0.25, -0.2) is 4.68 Å². The van der Waals surface area contributed by atoms with E-state index in [1.165, 1.54) is 13.3 Å². The second kappa shape index (κ2) is 9.36. The molecule has 3 aromatic rings. The van der Waals surface area contributed by atoms with Crippen LogP contribution in [-0.4, -0.2) is 41.2 Å². The standard InChI is InChI=1S/C21H19BrN4O4/c1-13-18(11-24-26(13)17-9-5-15(22)6-10-17)21(29)25-16-7-3-14(4-8-16)20(28)23-12-19(27)30-2/h3-11H,12H2,1-2H3,(H,23,28)(H,25,29). The number of halogens is 1. The third-order valence-electron chi connectivity index (χ3n) is 4.35. The number of ether oxygens (including phenoxy) is 1. The van der Waals surface area contributed by atoms with E-state index in [2.05, 4.69) is 36.4 Å². The number of rotatable bonds is 6. The average Bonchev–Trinajstić information content (AvgIpc) is 3.14. The van der Waals surface area contributed by atoms with Gasteiger partial charge in [0.1, 0.15) is 6.54 Å². The number of benzene rings is 2. The Hall–Kier alpha value is -3.46. The predicted molar refractivity (Wildman–Crippen MR) is 115 cm³/mol. The molecule has 2 N–H and O–H groups in total. The molecule has 0 aliphatic carbocycles. The summed E-state index contributed by atoms with van der Waals surface area (Å²) in [7, 11) is 1.25. The fourth-order valence-electron chi connectivity index (χ4n) is 2.71. The van der Waals surface area contributed by atoms with Crippen LogP contribution in [0.5, 0.6) is 0 Å². The van der Waals surface area contributed by atoms with E-state index in [9.17, 15) is 14.4 Å². The molecule has 1 aromatic heterocycles. The monoisotopic (exact) mass is 470 g/mol. The Morgan fingerprint density at radius 3 is 2.33 bits per heavy atom. The van der Waals surface area contributed by atoms with Crippen LogP contribution < -0.4 is 10.6 Å². The fourth-order valence-corrected chi connectivity index (χ4v) is 2.97. The van der Waals surface area contributed by atoms with Gasteiger partial charge in [-0.05, 0) is 55.5 Å². The first-order valence-corrected chi connectivity index (χ1v) is 9.75. The molecule has 3 rings (SSSR count). The molecule has 0 atom stereocenters. The maximum Gasteiger partial charge on any atom is 0.325 e. The Morgan fingerprint density at radius 2 is 1.70 bits per heavy atom. The number of hydrogen-bond donors (Lipinski definition) is 2. The second-order valence-corrected chi connectivity index (χ2v) is 7.24. The van der Waals surface area contributed by atoms with Gasteiger partial charge in [-0.15, -0.1) is 0 Å². The molecule has 154 valence electrons. The van der Waals surface area contributed by atoms with Crippen LogP contribution in [0.25, 0.3) is 5.69 Å². The molecule has 0 fully saturated rings. The Morgan fingerprint density at radius 1 is 1.03 bits per heavy atom. The molecule has 0 spiro atoms. The van der Waals surface area contributed by atoms with Crippen molar-refractivity contribution < 1.29 is 19.1 Å². The fraction of sp³-hybridized carbons (Fsp3) is 0.143. The van der Waals surface area contributed by atoms with Gasteiger partial charge in [0.25, 0.3) is 11.8 Å². The van der Waals surface area contributed by atoms with Crippen molar-refractivity contribution in [3.63, 3.8) is 0 Å². The number of carbonyl (C=O) groups is 3. The van der Waals surface area contributed by atoms with Crippen LogP contribution in [0.1, 0.15) is 26.4 Å². The Balaban J connectivity index is 1.67. The van der Waals surface area contributed by atoms with Gasteiger partial charge >= 0.3 is 5.97 Å². The number of methoxy groups -OCH3 is 1. The number of amides is 2. The molecule has 0 saturated heterocycles. The van der Waals surface area contributed by atoms with Gasteiger partial charge < -0.3 is 15.4 Å². The van der Waals surface area contributed by atoms with Crippen LogP contribution in [-0.2, 0) is 9.53 Å². The van der Waals surface area contributed by atoms with Crippen LogP contribution in [0.4, 0.5) is 5.69 Å². The second-order valence-electron chi connectivity index (χ2n) is 6.32. The molecule has 0 aliphatic rings. The maximum absolute atomic E-state index is 12.7. The number of aromatic nitrogens is 2. The first-order valence-electron chi connectivity index (χ1n) is 8.96. The Kier molecular flexibility index (Phi) is 6.63. The van der Waals surface area contributed by atoms with Crippen LogP contribution in [0.3, 0.4) is 0 Å². The van der Waals surface area contributed by atoms with E-state index in [4.69, 9.17) is 0 Å². The smallest absolute Gasteiger partial charge is 0.325 e. The van der Waals surface area contributed by atoms with Crippen molar-refractivity contribution in [1.82, 2.24) is 15.1 Å². The summed E-state index contributed by atoms with van der Waals surface area (Å²) in [4.78, 5) is 35.8. The first-order chi connectivity index (χ1) is 14.4. The molecule has 0 unspecified atom stereocenters. The minimum atomic E-state index is -0.536. The van der Waals surface area contributed by atoms with Crippen molar-refractivity contribution in [3.8, 4) is 5.69 Å². The summed E-state index contributed by atoms with van der Waals surface area (Å²) in [5.74, 6) is -1.25. The summed E-state index contributed by atoms with van der Waals surface area (Å²) in [6, 6.07) is 13.9. The van der Waals surface area contributed by atoms with Crippen molar-refractivity contribution in [2.45, 2.75) is 6.92 Å².